The molecule has 30 heavy (non-hydrogen) atoms. The molecule has 4 aromatic heterocycles. The summed E-state index contributed by atoms with van der Waals surface area (Å²) in [5.74, 6) is 0. The smallest absolute Gasteiger partial charge is 0.137 e. The second-order valence-electron chi connectivity index (χ2n) is 7.98. The minimum absolute atomic E-state index is 0.269. The third-order valence-electron chi connectivity index (χ3n) is 5.98. The van der Waals surface area contributed by atoms with Crippen molar-refractivity contribution in [3.8, 4) is 11.3 Å². The summed E-state index contributed by atoms with van der Waals surface area (Å²) in [5, 5.41) is 4.42. The molecule has 0 unspecified atom stereocenters. The van der Waals surface area contributed by atoms with E-state index in [1.165, 1.54) is 5.56 Å². The van der Waals surface area contributed by atoms with Crippen LogP contribution < -0.4 is 0 Å². The van der Waals surface area contributed by atoms with E-state index in [0.717, 1.165) is 55.3 Å². The Morgan fingerprint density at radius 3 is 2.73 bits per heavy atom. The van der Waals surface area contributed by atoms with Gasteiger partial charge in [-0.25, -0.2) is 4.98 Å². The van der Waals surface area contributed by atoms with Crippen LogP contribution in [0.25, 0.3) is 16.9 Å². The Kier molecular flexibility index (Phi) is 5.06. The van der Waals surface area contributed by atoms with E-state index in [0.29, 0.717) is 0 Å². The van der Waals surface area contributed by atoms with Crippen molar-refractivity contribution >= 4 is 5.65 Å². The lowest BCUT2D eigenvalue weighted by molar-refractivity contribution is 0.0885. The van der Waals surface area contributed by atoms with Crippen molar-refractivity contribution in [1.82, 2.24) is 33.9 Å². The molecule has 1 saturated heterocycles. The number of nitrogens with zero attached hydrogens (tertiary/aromatic N) is 7. The fraction of sp³-hybridized carbons (Fsp3) is 0.348. The minimum Gasteiger partial charge on any atom is -0.299 e. The Bertz CT molecular complexity index is 1130. The van der Waals surface area contributed by atoms with E-state index in [1.807, 2.05) is 35.4 Å². The van der Waals surface area contributed by atoms with Crippen molar-refractivity contribution < 1.29 is 0 Å². The number of likely N-dealkylation sites (N-methyl/N-ethyl adjacent to an activating group) is 1. The van der Waals surface area contributed by atoms with E-state index in [9.17, 15) is 0 Å². The normalized spacial score (nSPS) is 18.3. The van der Waals surface area contributed by atoms with Crippen molar-refractivity contribution in [2.45, 2.75) is 26.1 Å². The maximum Gasteiger partial charge on any atom is 0.137 e. The van der Waals surface area contributed by atoms with Gasteiger partial charge in [0, 0.05) is 68.6 Å². The highest BCUT2D eigenvalue weighted by atomic mass is 15.3. The van der Waals surface area contributed by atoms with Crippen LogP contribution in [0.3, 0.4) is 0 Å². The van der Waals surface area contributed by atoms with Crippen molar-refractivity contribution in [3.05, 3.63) is 72.6 Å². The van der Waals surface area contributed by atoms with E-state index in [2.05, 4.69) is 68.8 Å². The van der Waals surface area contributed by atoms with Gasteiger partial charge >= 0.3 is 0 Å². The van der Waals surface area contributed by atoms with Crippen LogP contribution >= 0.6 is 0 Å². The van der Waals surface area contributed by atoms with E-state index < -0.39 is 0 Å². The van der Waals surface area contributed by atoms with Crippen LogP contribution in [0.2, 0.25) is 0 Å². The molecular formula is C23H27N7. The largest absolute Gasteiger partial charge is 0.299 e. The Labute approximate surface area is 176 Å². The molecule has 7 nitrogen and oxygen atoms in total. The van der Waals surface area contributed by atoms with E-state index in [1.54, 1.807) is 0 Å². The number of hydrogen-bond donors (Lipinski definition) is 0. The van der Waals surface area contributed by atoms with Gasteiger partial charge in [0.2, 0.25) is 0 Å². The van der Waals surface area contributed by atoms with Crippen LogP contribution in [0.15, 0.2) is 61.3 Å². The Hall–Kier alpha value is -3.03. The summed E-state index contributed by atoms with van der Waals surface area (Å²) < 4.78 is 4.19. The molecule has 0 saturated carbocycles. The van der Waals surface area contributed by atoms with Crippen LogP contribution in [-0.2, 0) is 13.1 Å². The number of pyridine rings is 2. The maximum absolute atomic E-state index is 4.99. The molecule has 1 aliphatic rings. The molecule has 0 N–H and O–H groups in total. The zero-order valence-corrected chi connectivity index (χ0v) is 17.5. The molecule has 0 bridgehead atoms. The average Bonchev–Trinajstić information content (AvgIpc) is 3.42. The summed E-state index contributed by atoms with van der Waals surface area (Å²) in [4.78, 5) is 14.1. The predicted octanol–water partition coefficient (Wildman–Crippen LogP) is 3.10. The molecule has 7 heteroatoms. The highest BCUT2D eigenvalue weighted by molar-refractivity contribution is 5.63. The number of aromatic nitrogens is 5. The Balaban J connectivity index is 1.42. The summed E-state index contributed by atoms with van der Waals surface area (Å²) in [7, 11) is 2.20. The molecule has 154 valence electrons. The zero-order valence-electron chi connectivity index (χ0n) is 17.5. The van der Waals surface area contributed by atoms with Crippen molar-refractivity contribution in [2.24, 2.45) is 0 Å². The average molecular weight is 402 g/mol. The third kappa shape index (κ3) is 3.62. The molecule has 0 radical (unpaired) electrons. The molecule has 1 atom stereocenters. The van der Waals surface area contributed by atoms with E-state index >= 15 is 0 Å². The molecule has 1 aliphatic heterocycles. The number of rotatable bonds is 5. The molecule has 0 spiro atoms. The van der Waals surface area contributed by atoms with E-state index in [4.69, 9.17) is 4.98 Å². The van der Waals surface area contributed by atoms with Gasteiger partial charge in [-0.15, -0.1) is 0 Å². The second-order valence-corrected chi connectivity index (χ2v) is 7.98. The number of aryl methyl sites for hydroxylation is 1. The van der Waals surface area contributed by atoms with Gasteiger partial charge in [0.05, 0.1) is 23.6 Å². The van der Waals surface area contributed by atoms with Crippen LogP contribution in [0.1, 0.15) is 24.2 Å². The van der Waals surface area contributed by atoms with Gasteiger partial charge < -0.3 is 0 Å². The van der Waals surface area contributed by atoms with Gasteiger partial charge in [0.15, 0.2) is 0 Å². The van der Waals surface area contributed by atoms with Crippen LogP contribution in [0.5, 0.6) is 0 Å². The lowest BCUT2D eigenvalue weighted by Crippen LogP contribution is -2.46. The summed E-state index contributed by atoms with van der Waals surface area (Å²) in [5.41, 5.74) is 5.65. The Morgan fingerprint density at radius 2 is 1.93 bits per heavy atom. The predicted molar refractivity (Wildman–Crippen MR) is 117 cm³/mol. The van der Waals surface area contributed by atoms with Crippen LogP contribution in [0, 0.1) is 0 Å². The van der Waals surface area contributed by atoms with Gasteiger partial charge in [-0.1, -0.05) is 6.07 Å². The van der Waals surface area contributed by atoms with Crippen molar-refractivity contribution in [2.75, 3.05) is 26.7 Å². The monoisotopic (exact) mass is 401 g/mol. The Morgan fingerprint density at radius 1 is 1.07 bits per heavy atom. The maximum atomic E-state index is 4.99. The summed E-state index contributed by atoms with van der Waals surface area (Å²) in [6.45, 7) is 7.00. The standard InChI is InChI=1S/C23H27N7/c1-3-29-15-18(13-25-29)14-28-12-11-27(2)22(17-28)20-16-30-21(5-4-6-23(30)26-20)19-7-9-24-10-8-19/h4-10,13,15-16,22H,3,11-12,14,17H2,1-2H3/t22-/m0/s1. The van der Waals surface area contributed by atoms with E-state index in [-0.39, 0.29) is 6.04 Å². The molecule has 1 fully saturated rings. The molecule has 0 amide bonds. The highest BCUT2D eigenvalue weighted by Crippen LogP contribution is 2.27. The van der Waals surface area contributed by atoms with Gasteiger partial charge in [0.25, 0.3) is 0 Å². The number of imidazole rings is 1. The first kappa shape index (κ1) is 19.0. The molecule has 5 heterocycles. The third-order valence-corrected chi connectivity index (χ3v) is 5.98. The van der Waals surface area contributed by atoms with Crippen LogP contribution in [0.4, 0.5) is 0 Å². The first-order valence-corrected chi connectivity index (χ1v) is 10.5. The SMILES string of the molecule is CCn1cc(CN2CCN(C)[C@H](c3cn4c(-c5ccncc5)cccc4n3)C2)cn1. The first-order valence-electron chi connectivity index (χ1n) is 10.5. The summed E-state index contributed by atoms with van der Waals surface area (Å²) in [6.07, 6.45) is 10.0. The van der Waals surface area contributed by atoms with Gasteiger partial charge in [0.1, 0.15) is 5.65 Å². The van der Waals surface area contributed by atoms with Crippen LogP contribution in [-0.4, -0.2) is 60.6 Å². The number of piperazine rings is 1. The molecule has 5 rings (SSSR count). The second kappa shape index (κ2) is 8.01. The quantitative estimate of drug-likeness (QED) is 0.514. The minimum atomic E-state index is 0.269. The lowest BCUT2D eigenvalue weighted by Gasteiger charge is -2.38. The molecule has 0 aliphatic carbocycles. The summed E-state index contributed by atoms with van der Waals surface area (Å²) in [6, 6.07) is 10.6. The van der Waals surface area contributed by atoms with Gasteiger partial charge in [-0.05, 0) is 38.2 Å². The lowest BCUT2D eigenvalue weighted by atomic mass is 10.1. The first-order chi connectivity index (χ1) is 14.7. The van der Waals surface area contributed by atoms with Crippen molar-refractivity contribution in [1.29, 1.82) is 0 Å². The van der Waals surface area contributed by atoms with Gasteiger partial charge in [-0.3, -0.25) is 23.9 Å². The molecular weight excluding hydrogens is 374 g/mol. The summed E-state index contributed by atoms with van der Waals surface area (Å²) >= 11 is 0. The fourth-order valence-corrected chi connectivity index (χ4v) is 4.26. The number of hydrogen-bond acceptors (Lipinski definition) is 5. The van der Waals surface area contributed by atoms with Gasteiger partial charge in [-0.2, -0.15) is 5.10 Å². The number of fused-ring (bicyclic) bond motifs is 1. The topological polar surface area (TPSA) is 54.5 Å². The molecule has 4 aromatic rings. The highest BCUT2D eigenvalue weighted by Gasteiger charge is 2.28. The molecule has 0 aromatic carbocycles. The fourth-order valence-electron chi connectivity index (χ4n) is 4.26. The zero-order chi connectivity index (χ0) is 20.5. The van der Waals surface area contributed by atoms with Crippen molar-refractivity contribution in [3.63, 3.8) is 0 Å².